The van der Waals surface area contributed by atoms with E-state index in [-0.39, 0.29) is 5.91 Å². The zero-order valence-electron chi connectivity index (χ0n) is 17.2. The maximum atomic E-state index is 13.6. The third kappa shape index (κ3) is 3.96. The lowest BCUT2D eigenvalue weighted by atomic mass is 10.1. The number of rotatable bonds is 5. The summed E-state index contributed by atoms with van der Waals surface area (Å²) in [6.07, 6.45) is 3.54. The molecule has 0 atom stereocenters. The molecule has 3 heterocycles. The normalized spacial score (nSPS) is 11.2. The Balaban J connectivity index is 1.73. The van der Waals surface area contributed by atoms with Gasteiger partial charge in [0.05, 0.1) is 6.54 Å². The van der Waals surface area contributed by atoms with E-state index in [1.54, 1.807) is 23.7 Å². The molecular weight excluding hydrogens is 378 g/mol. The SMILES string of the molecule is Cc1cc(C)c2[nH]c(C(=O)N(Cc3ccncc3)Cc3ccc(C)s3)c(C)c2c1. The van der Waals surface area contributed by atoms with Gasteiger partial charge in [-0.1, -0.05) is 11.6 Å². The third-order valence-corrected chi connectivity index (χ3v) is 6.26. The third-order valence-electron chi connectivity index (χ3n) is 5.28. The molecule has 4 aromatic rings. The molecule has 0 fully saturated rings. The number of pyridine rings is 1. The zero-order valence-corrected chi connectivity index (χ0v) is 18.1. The van der Waals surface area contributed by atoms with Crippen LogP contribution in [0.15, 0.2) is 48.8 Å². The van der Waals surface area contributed by atoms with Gasteiger partial charge in [-0.2, -0.15) is 0 Å². The molecule has 0 unspecified atom stereocenters. The van der Waals surface area contributed by atoms with Crippen molar-refractivity contribution in [3.05, 3.63) is 86.5 Å². The van der Waals surface area contributed by atoms with Crippen molar-refractivity contribution in [2.75, 3.05) is 0 Å². The molecule has 0 spiro atoms. The highest BCUT2D eigenvalue weighted by molar-refractivity contribution is 7.11. The molecule has 4 nitrogen and oxygen atoms in total. The summed E-state index contributed by atoms with van der Waals surface area (Å²) in [5.74, 6) is 0.0265. The lowest BCUT2D eigenvalue weighted by molar-refractivity contribution is 0.0726. The Labute approximate surface area is 175 Å². The molecule has 148 valence electrons. The van der Waals surface area contributed by atoms with Crippen molar-refractivity contribution in [3.8, 4) is 0 Å². The number of hydrogen-bond donors (Lipinski definition) is 1. The number of thiophene rings is 1. The Bertz CT molecular complexity index is 1170. The van der Waals surface area contributed by atoms with Gasteiger partial charge in [-0.25, -0.2) is 0 Å². The quantitative estimate of drug-likeness (QED) is 0.465. The van der Waals surface area contributed by atoms with Crippen LogP contribution in [0.3, 0.4) is 0 Å². The van der Waals surface area contributed by atoms with Crippen molar-refractivity contribution in [2.45, 2.75) is 40.8 Å². The summed E-state index contributed by atoms with van der Waals surface area (Å²) in [6, 6.07) is 12.4. The van der Waals surface area contributed by atoms with Gasteiger partial charge in [0.15, 0.2) is 0 Å². The van der Waals surface area contributed by atoms with E-state index in [0.29, 0.717) is 18.8 Å². The topological polar surface area (TPSA) is 49.0 Å². The molecule has 0 saturated heterocycles. The van der Waals surface area contributed by atoms with Gasteiger partial charge in [0, 0.05) is 39.6 Å². The number of amides is 1. The van der Waals surface area contributed by atoms with Gasteiger partial charge >= 0.3 is 0 Å². The number of hydrogen-bond acceptors (Lipinski definition) is 3. The Kier molecular flexibility index (Phi) is 5.24. The van der Waals surface area contributed by atoms with Crippen molar-refractivity contribution in [1.29, 1.82) is 0 Å². The average molecular weight is 404 g/mol. The zero-order chi connectivity index (χ0) is 20.5. The standard InChI is InChI=1S/C24H25N3OS/c1-15-11-16(2)22-21(12-15)18(4)23(26-22)24(28)27(13-19-7-9-25-10-8-19)14-20-6-5-17(3)29-20/h5-12,26H,13-14H2,1-4H3. The van der Waals surface area contributed by atoms with Crippen LogP contribution in [-0.2, 0) is 13.1 Å². The van der Waals surface area contributed by atoms with Crippen LogP contribution < -0.4 is 0 Å². The summed E-state index contributed by atoms with van der Waals surface area (Å²) in [6.45, 7) is 9.44. The highest BCUT2D eigenvalue weighted by atomic mass is 32.1. The minimum Gasteiger partial charge on any atom is -0.350 e. The molecule has 29 heavy (non-hydrogen) atoms. The van der Waals surface area contributed by atoms with Gasteiger partial charge in [-0.15, -0.1) is 11.3 Å². The lowest BCUT2D eigenvalue weighted by Gasteiger charge is -2.22. The summed E-state index contributed by atoms with van der Waals surface area (Å²) in [5.41, 5.74) is 6.18. The molecule has 0 bridgehead atoms. The van der Waals surface area contributed by atoms with Crippen LogP contribution in [-0.4, -0.2) is 20.8 Å². The van der Waals surface area contributed by atoms with E-state index in [1.165, 1.54) is 15.3 Å². The molecule has 0 saturated carbocycles. The predicted molar refractivity (Wildman–Crippen MR) is 119 cm³/mol. The summed E-state index contributed by atoms with van der Waals surface area (Å²) >= 11 is 1.74. The Morgan fingerprint density at radius 3 is 2.48 bits per heavy atom. The molecule has 0 radical (unpaired) electrons. The van der Waals surface area contributed by atoms with Crippen LogP contribution in [0.25, 0.3) is 10.9 Å². The van der Waals surface area contributed by atoms with Crippen molar-refractivity contribution in [3.63, 3.8) is 0 Å². The molecule has 0 aliphatic heterocycles. The minimum absolute atomic E-state index is 0.0265. The fourth-order valence-electron chi connectivity index (χ4n) is 3.82. The van der Waals surface area contributed by atoms with Crippen molar-refractivity contribution in [2.24, 2.45) is 0 Å². The summed E-state index contributed by atoms with van der Waals surface area (Å²) < 4.78 is 0. The second-order valence-corrected chi connectivity index (χ2v) is 9.03. The van der Waals surface area contributed by atoms with Crippen LogP contribution in [0.2, 0.25) is 0 Å². The number of nitrogens with one attached hydrogen (secondary N) is 1. The second-order valence-electron chi connectivity index (χ2n) is 7.66. The Morgan fingerprint density at radius 2 is 1.79 bits per heavy atom. The van der Waals surface area contributed by atoms with E-state index >= 15 is 0 Å². The van der Waals surface area contributed by atoms with E-state index in [2.05, 4.69) is 55.0 Å². The van der Waals surface area contributed by atoms with E-state index in [9.17, 15) is 4.79 Å². The highest BCUT2D eigenvalue weighted by Gasteiger charge is 2.23. The van der Waals surface area contributed by atoms with Gasteiger partial charge in [0.1, 0.15) is 5.69 Å². The van der Waals surface area contributed by atoms with E-state index < -0.39 is 0 Å². The fourth-order valence-corrected chi connectivity index (χ4v) is 4.73. The van der Waals surface area contributed by atoms with Gasteiger partial charge < -0.3 is 9.88 Å². The average Bonchev–Trinajstić information content (AvgIpc) is 3.25. The van der Waals surface area contributed by atoms with Crippen LogP contribution >= 0.6 is 11.3 Å². The molecule has 3 aromatic heterocycles. The minimum atomic E-state index is 0.0265. The monoisotopic (exact) mass is 403 g/mol. The molecular formula is C24H25N3OS. The molecule has 5 heteroatoms. The maximum Gasteiger partial charge on any atom is 0.271 e. The van der Waals surface area contributed by atoms with E-state index in [0.717, 1.165) is 27.6 Å². The van der Waals surface area contributed by atoms with Crippen LogP contribution in [0.5, 0.6) is 0 Å². The molecule has 0 aliphatic rings. The summed E-state index contributed by atoms with van der Waals surface area (Å²) in [5, 5.41) is 1.13. The van der Waals surface area contributed by atoms with E-state index in [1.807, 2.05) is 24.0 Å². The van der Waals surface area contributed by atoms with Crippen molar-refractivity contribution >= 4 is 28.1 Å². The van der Waals surface area contributed by atoms with Gasteiger partial charge in [0.25, 0.3) is 5.91 Å². The smallest absolute Gasteiger partial charge is 0.271 e. The number of aryl methyl sites for hydroxylation is 4. The first-order valence-corrected chi connectivity index (χ1v) is 10.6. The molecule has 4 rings (SSSR count). The fraction of sp³-hybridized carbons (Fsp3) is 0.250. The Morgan fingerprint density at radius 1 is 1.03 bits per heavy atom. The maximum absolute atomic E-state index is 13.6. The number of carbonyl (C=O) groups excluding carboxylic acids is 1. The van der Waals surface area contributed by atoms with Crippen LogP contribution in [0.4, 0.5) is 0 Å². The van der Waals surface area contributed by atoms with Crippen molar-refractivity contribution < 1.29 is 4.79 Å². The number of aromatic nitrogens is 2. The number of H-pyrrole nitrogens is 1. The predicted octanol–water partition coefficient (Wildman–Crippen LogP) is 5.70. The first-order chi connectivity index (χ1) is 13.9. The number of nitrogens with zero attached hydrogens (tertiary/aromatic N) is 2. The Hall–Kier alpha value is -2.92. The highest BCUT2D eigenvalue weighted by Crippen LogP contribution is 2.28. The number of benzene rings is 1. The molecule has 0 aliphatic carbocycles. The second kappa shape index (κ2) is 7.84. The number of carbonyl (C=O) groups is 1. The molecule has 1 amide bonds. The van der Waals surface area contributed by atoms with Crippen LogP contribution in [0, 0.1) is 27.7 Å². The lowest BCUT2D eigenvalue weighted by Crippen LogP contribution is -2.30. The van der Waals surface area contributed by atoms with Gasteiger partial charge in [0.2, 0.25) is 0 Å². The van der Waals surface area contributed by atoms with E-state index in [4.69, 9.17) is 0 Å². The van der Waals surface area contributed by atoms with Gasteiger partial charge in [-0.3, -0.25) is 9.78 Å². The number of aromatic amines is 1. The molecule has 1 N–H and O–H groups in total. The number of fused-ring (bicyclic) bond motifs is 1. The first-order valence-electron chi connectivity index (χ1n) is 9.75. The largest absolute Gasteiger partial charge is 0.350 e. The summed E-state index contributed by atoms with van der Waals surface area (Å²) in [4.78, 5) is 25.5. The first kappa shape index (κ1) is 19.4. The van der Waals surface area contributed by atoms with Crippen molar-refractivity contribution in [1.82, 2.24) is 14.9 Å². The summed E-state index contributed by atoms with van der Waals surface area (Å²) in [7, 11) is 0. The molecule has 1 aromatic carbocycles. The van der Waals surface area contributed by atoms with Gasteiger partial charge in [-0.05, 0) is 74.7 Å². The van der Waals surface area contributed by atoms with Crippen LogP contribution in [0.1, 0.15) is 42.5 Å².